The van der Waals surface area contributed by atoms with Crippen molar-refractivity contribution in [2.45, 2.75) is 24.7 Å². The van der Waals surface area contributed by atoms with Gasteiger partial charge in [0.05, 0.1) is 4.90 Å². The van der Waals surface area contributed by atoms with Crippen molar-refractivity contribution in [3.8, 4) is 0 Å². The van der Waals surface area contributed by atoms with Crippen LogP contribution in [0.1, 0.15) is 30.1 Å². The minimum absolute atomic E-state index is 0.194. The van der Waals surface area contributed by atoms with Gasteiger partial charge in [-0.2, -0.15) is 4.31 Å². The number of anilines is 1. The van der Waals surface area contributed by atoms with Crippen molar-refractivity contribution < 1.29 is 13.2 Å². The molecule has 0 saturated carbocycles. The van der Waals surface area contributed by atoms with Gasteiger partial charge in [0.25, 0.3) is 5.91 Å². The van der Waals surface area contributed by atoms with Crippen molar-refractivity contribution in [3.05, 3.63) is 58.1 Å². The number of carbonyl (C=O) groups excluding carboxylic acids is 1. The summed E-state index contributed by atoms with van der Waals surface area (Å²) in [5.41, 5.74) is 0.814. The highest BCUT2D eigenvalue weighted by atomic mass is 35.5. The van der Waals surface area contributed by atoms with Gasteiger partial charge in [0, 0.05) is 34.4 Å². The summed E-state index contributed by atoms with van der Waals surface area (Å²) in [5.74, 6) is 0.173. The van der Waals surface area contributed by atoms with E-state index in [9.17, 15) is 13.2 Å². The van der Waals surface area contributed by atoms with Crippen molar-refractivity contribution in [2.75, 3.05) is 18.4 Å². The topological polar surface area (TPSA) is 66.5 Å². The molecule has 1 aliphatic heterocycles. The molecule has 1 N–H and O–H groups in total. The number of carbonyl (C=O) groups is 1. The second kappa shape index (κ2) is 8.19. The number of amides is 1. The zero-order chi connectivity index (χ0) is 19.6. The molecule has 0 spiro atoms. The number of benzene rings is 2. The van der Waals surface area contributed by atoms with Gasteiger partial charge in [-0.25, -0.2) is 8.42 Å². The van der Waals surface area contributed by atoms with Crippen molar-refractivity contribution in [1.29, 1.82) is 0 Å². The van der Waals surface area contributed by atoms with Crippen LogP contribution in [-0.4, -0.2) is 31.7 Å². The molecule has 2 aromatic rings. The third-order valence-electron chi connectivity index (χ3n) is 4.62. The molecule has 0 bridgehead atoms. The van der Waals surface area contributed by atoms with Crippen molar-refractivity contribution in [1.82, 2.24) is 4.31 Å². The maximum atomic E-state index is 12.7. The average Bonchev–Trinajstić information content (AvgIpc) is 2.61. The number of rotatable bonds is 4. The first kappa shape index (κ1) is 20.1. The number of halogens is 2. The minimum Gasteiger partial charge on any atom is -0.322 e. The van der Waals surface area contributed by atoms with Crippen LogP contribution in [0.2, 0.25) is 10.0 Å². The molecule has 8 heteroatoms. The molecule has 5 nitrogen and oxygen atoms in total. The van der Waals surface area contributed by atoms with Crippen LogP contribution in [0.5, 0.6) is 0 Å². The van der Waals surface area contributed by atoms with Gasteiger partial charge >= 0.3 is 0 Å². The first-order valence-corrected chi connectivity index (χ1v) is 10.8. The second-order valence-corrected chi connectivity index (χ2v) is 9.53. The van der Waals surface area contributed by atoms with E-state index in [1.54, 1.807) is 18.2 Å². The van der Waals surface area contributed by atoms with Crippen LogP contribution in [0.25, 0.3) is 0 Å². The van der Waals surface area contributed by atoms with E-state index in [-0.39, 0.29) is 10.8 Å². The molecule has 0 aromatic heterocycles. The van der Waals surface area contributed by atoms with E-state index < -0.39 is 10.0 Å². The number of piperidine rings is 1. The number of nitrogens with zero attached hydrogens (tertiary/aromatic N) is 1. The van der Waals surface area contributed by atoms with Crippen LogP contribution in [0.15, 0.2) is 47.4 Å². The van der Waals surface area contributed by atoms with Crippen LogP contribution in [0.3, 0.4) is 0 Å². The standard InChI is InChI=1S/C19H20Cl2N2O3S/c1-13-6-8-23(9-7-13)27(25,26)18-4-2-14(3-5-18)19(24)22-17-11-15(20)10-16(21)12-17/h2-5,10-13H,6-9H2,1H3,(H,22,24). The van der Waals surface area contributed by atoms with E-state index in [1.807, 2.05) is 0 Å². The van der Waals surface area contributed by atoms with E-state index in [2.05, 4.69) is 12.2 Å². The van der Waals surface area contributed by atoms with E-state index in [4.69, 9.17) is 23.2 Å². The molecule has 1 heterocycles. The van der Waals surface area contributed by atoms with Gasteiger partial charge in [-0.15, -0.1) is 0 Å². The number of sulfonamides is 1. The lowest BCUT2D eigenvalue weighted by atomic mass is 10.0. The van der Waals surface area contributed by atoms with Gasteiger partial charge in [0.2, 0.25) is 10.0 Å². The van der Waals surface area contributed by atoms with Crippen LogP contribution >= 0.6 is 23.2 Å². The summed E-state index contributed by atoms with van der Waals surface area (Å²) >= 11 is 11.9. The Hall–Kier alpha value is -1.60. The van der Waals surface area contributed by atoms with Crippen molar-refractivity contribution in [2.24, 2.45) is 5.92 Å². The first-order valence-electron chi connectivity index (χ1n) is 8.63. The smallest absolute Gasteiger partial charge is 0.255 e. The summed E-state index contributed by atoms with van der Waals surface area (Å²) < 4.78 is 27.0. The van der Waals surface area contributed by atoms with Gasteiger partial charge in [0.1, 0.15) is 0 Å². The Morgan fingerprint density at radius 2 is 1.59 bits per heavy atom. The van der Waals surface area contributed by atoms with E-state index in [0.29, 0.717) is 40.3 Å². The number of hydrogen-bond donors (Lipinski definition) is 1. The molecule has 0 atom stereocenters. The molecule has 1 amide bonds. The highest BCUT2D eigenvalue weighted by Crippen LogP contribution is 2.25. The monoisotopic (exact) mass is 426 g/mol. The Bertz CT molecular complexity index is 918. The summed E-state index contributed by atoms with van der Waals surface area (Å²) in [6.45, 7) is 3.19. The lowest BCUT2D eigenvalue weighted by molar-refractivity contribution is 0.102. The molecule has 0 unspecified atom stereocenters. The molecule has 1 saturated heterocycles. The molecule has 1 aliphatic rings. The largest absolute Gasteiger partial charge is 0.322 e. The molecule has 2 aromatic carbocycles. The highest BCUT2D eigenvalue weighted by molar-refractivity contribution is 7.89. The van der Waals surface area contributed by atoms with E-state index in [1.165, 1.54) is 28.6 Å². The molecule has 0 radical (unpaired) electrons. The molecule has 3 rings (SSSR count). The Morgan fingerprint density at radius 1 is 1.04 bits per heavy atom. The third-order valence-corrected chi connectivity index (χ3v) is 6.97. The summed E-state index contributed by atoms with van der Waals surface area (Å²) in [6, 6.07) is 10.7. The van der Waals surface area contributed by atoms with Gasteiger partial charge in [-0.3, -0.25) is 4.79 Å². The normalized spacial score (nSPS) is 16.3. The summed E-state index contributed by atoms with van der Waals surface area (Å²) in [6.07, 6.45) is 1.73. The van der Waals surface area contributed by atoms with Crippen LogP contribution in [0.4, 0.5) is 5.69 Å². The van der Waals surface area contributed by atoms with Gasteiger partial charge in [0.15, 0.2) is 0 Å². The average molecular weight is 427 g/mol. The Balaban J connectivity index is 1.73. The van der Waals surface area contributed by atoms with Crippen LogP contribution < -0.4 is 5.32 Å². The zero-order valence-corrected chi connectivity index (χ0v) is 17.1. The highest BCUT2D eigenvalue weighted by Gasteiger charge is 2.28. The lowest BCUT2D eigenvalue weighted by Gasteiger charge is -2.29. The predicted molar refractivity (Wildman–Crippen MR) is 108 cm³/mol. The quantitative estimate of drug-likeness (QED) is 0.772. The molecular weight excluding hydrogens is 407 g/mol. The maximum Gasteiger partial charge on any atom is 0.255 e. The third kappa shape index (κ3) is 4.82. The summed E-state index contributed by atoms with van der Waals surface area (Å²) in [7, 11) is -3.53. The lowest BCUT2D eigenvalue weighted by Crippen LogP contribution is -2.37. The van der Waals surface area contributed by atoms with Crippen LogP contribution in [0, 0.1) is 5.92 Å². The van der Waals surface area contributed by atoms with E-state index >= 15 is 0 Å². The summed E-state index contributed by atoms with van der Waals surface area (Å²) in [5, 5.41) is 3.52. The molecular formula is C19H20Cl2N2O3S. The first-order chi connectivity index (χ1) is 12.8. The Morgan fingerprint density at radius 3 is 2.15 bits per heavy atom. The number of nitrogens with one attached hydrogen (secondary N) is 1. The van der Waals surface area contributed by atoms with Gasteiger partial charge in [-0.1, -0.05) is 30.1 Å². The van der Waals surface area contributed by atoms with Gasteiger partial charge in [-0.05, 0) is 61.2 Å². The van der Waals surface area contributed by atoms with Gasteiger partial charge < -0.3 is 5.32 Å². The molecule has 1 fully saturated rings. The van der Waals surface area contributed by atoms with Crippen molar-refractivity contribution >= 4 is 44.8 Å². The predicted octanol–water partition coefficient (Wildman–Crippen LogP) is 4.67. The number of hydrogen-bond acceptors (Lipinski definition) is 3. The molecule has 0 aliphatic carbocycles. The summed E-state index contributed by atoms with van der Waals surface area (Å²) in [4.78, 5) is 12.6. The van der Waals surface area contributed by atoms with Crippen LogP contribution in [-0.2, 0) is 10.0 Å². The fraction of sp³-hybridized carbons (Fsp3) is 0.316. The zero-order valence-electron chi connectivity index (χ0n) is 14.8. The maximum absolute atomic E-state index is 12.7. The van der Waals surface area contributed by atoms with E-state index in [0.717, 1.165) is 12.8 Å². The van der Waals surface area contributed by atoms with Crippen molar-refractivity contribution in [3.63, 3.8) is 0 Å². The molecule has 144 valence electrons. The fourth-order valence-corrected chi connectivity index (χ4v) is 4.98. The second-order valence-electron chi connectivity index (χ2n) is 6.72. The Labute approximate surface area is 169 Å². The fourth-order valence-electron chi connectivity index (χ4n) is 2.98. The Kier molecular flexibility index (Phi) is 6.11. The SMILES string of the molecule is CC1CCN(S(=O)(=O)c2ccc(C(=O)Nc3cc(Cl)cc(Cl)c3)cc2)CC1. The molecule has 27 heavy (non-hydrogen) atoms. The minimum atomic E-state index is -3.53.